The molecule has 3 aliphatic heterocycles. The minimum Gasteiger partial charge on any atom is -0.343 e. The second kappa shape index (κ2) is 33.2. The van der Waals surface area contributed by atoms with Gasteiger partial charge in [-0.1, -0.05) is 116 Å². The summed E-state index contributed by atoms with van der Waals surface area (Å²) in [5.41, 5.74) is 13.2. The summed E-state index contributed by atoms with van der Waals surface area (Å²) in [5.74, 6) is 11.4. The highest BCUT2D eigenvalue weighted by atomic mass is 16.2. The zero-order valence-electron chi connectivity index (χ0n) is 51.6. The highest BCUT2D eigenvalue weighted by Crippen LogP contribution is 2.26. The van der Waals surface area contributed by atoms with E-state index >= 15 is 14.4 Å². The van der Waals surface area contributed by atoms with Gasteiger partial charge in [-0.2, -0.15) is 0 Å². The summed E-state index contributed by atoms with van der Waals surface area (Å²) in [4.78, 5) is 151. The number of nitrogens with two attached hydrogens (primary N) is 5. The summed E-state index contributed by atoms with van der Waals surface area (Å²) < 4.78 is 0. The molecule has 25 nitrogen and oxygen atoms in total. The first kappa shape index (κ1) is 69.7. The fourth-order valence-corrected chi connectivity index (χ4v) is 11.4. The number of benzene rings is 2. The molecular formula is C61H97N15O10. The maximum atomic E-state index is 15.1. The Kier molecular flexibility index (Phi) is 26.9. The van der Waals surface area contributed by atoms with Crippen LogP contribution in [0.1, 0.15) is 137 Å². The van der Waals surface area contributed by atoms with Gasteiger partial charge in [0.15, 0.2) is 0 Å². The van der Waals surface area contributed by atoms with Crippen LogP contribution < -0.4 is 55.6 Å². The van der Waals surface area contributed by atoms with Gasteiger partial charge in [0, 0.05) is 25.9 Å². The molecule has 476 valence electrons. The average molecular weight is 1200 g/mol. The molecule has 3 fully saturated rings. The summed E-state index contributed by atoms with van der Waals surface area (Å²) in [6, 6.07) is 4.53. The fraction of sp³-hybridized carbons (Fsp3) is 0.639. The van der Waals surface area contributed by atoms with Crippen LogP contribution in [-0.2, 0) is 60.8 Å². The van der Waals surface area contributed by atoms with Gasteiger partial charge in [-0.3, -0.25) is 63.0 Å². The molecule has 0 aliphatic carbocycles. The van der Waals surface area contributed by atoms with E-state index in [4.69, 9.17) is 29.0 Å². The van der Waals surface area contributed by atoms with Crippen molar-refractivity contribution < 1.29 is 47.9 Å². The van der Waals surface area contributed by atoms with E-state index in [-0.39, 0.29) is 102 Å². The number of rotatable bonds is 17. The fourth-order valence-electron chi connectivity index (χ4n) is 11.4. The third-order valence-corrected chi connectivity index (χ3v) is 16.3. The molecule has 1 unspecified atom stereocenters. The van der Waals surface area contributed by atoms with E-state index in [1.165, 1.54) is 9.80 Å². The number of nitrogens with zero attached hydrogens (tertiary/aromatic N) is 5. The summed E-state index contributed by atoms with van der Waals surface area (Å²) in [6.07, 6.45) is 1.86. The molecule has 10 atom stereocenters. The third-order valence-electron chi connectivity index (χ3n) is 16.3. The highest BCUT2D eigenvalue weighted by Gasteiger charge is 2.46. The summed E-state index contributed by atoms with van der Waals surface area (Å²) in [6.45, 7) is 14.7. The second-order valence-corrected chi connectivity index (χ2v) is 24.6. The molecule has 3 heterocycles. The lowest BCUT2D eigenvalue weighted by Gasteiger charge is -2.36. The van der Waals surface area contributed by atoms with Gasteiger partial charge in [0.2, 0.25) is 41.4 Å². The van der Waals surface area contributed by atoms with Crippen molar-refractivity contribution in [1.82, 2.24) is 51.4 Å². The SMILES string of the molecule is CC(C)CC[C@@H]1NC(=O)[C@H](CCCN)N(N)C(=O)[C@H](C(C)C)NC(=O)[C@@H]2CCCN2C(=O)[C@@H](Cc2ccccc2)N(N)C(=O)C(CC(C)C)NC(=O)[C@H](CCCN)NC(=O)[C@H](C(C)C)NC(=O)[C@@H]2CCCN2C(=O)[C@@H](Cc2ccccc2)N(N)C1=O. The van der Waals surface area contributed by atoms with Gasteiger partial charge < -0.3 is 47.9 Å². The highest BCUT2D eigenvalue weighted by molar-refractivity contribution is 6.00. The Morgan fingerprint density at radius 3 is 1.33 bits per heavy atom. The molecule has 2 aromatic carbocycles. The van der Waals surface area contributed by atoms with Crippen molar-refractivity contribution in [2.45, 2.75) is 199 Å². The number of hydrogen-bond acceptors (Lipinski definition) is 15. The first-order valence-corrected chi connectivity index (χ1v) is 30.7. The maximum Gasteiger partial charge on any atom is 0.260 e. The maximum absolute atomic E-state index is 15.1. The van der Waals surface area contributed by atoms with Crippen molar-refractivity contribution in [1.29, 1.82) is 0 Å². The van der Waals surface area contributed by atoms with Gasteiger partial charge in [-0.25, -0.2) is 17.5 Å². The minimum atomic E-state index is -1.44. The van der Waals surface area contributed by atoms with E-state index in [1.807, 2.05) is 27.7 Å². The van der Waals surface area contributed by atoms with Crippen molar-refractivity contribution in [3.8, 4) is 0 Å². The molecule has 15 N–H and O–H groups in total. The first-order valence-electron chi connectivity index (χ1n) is 30.7. The van der Waals surface area contributed by atoms with Gasteiger partial charge in [-0.15, -0.1) is 0 Å². The van der Waals surface area contributed by atoms with Crippen molar-refractivity contribution >= 4 is 59.1 Å². The van der Waals surface area contributed by atoms with Crippen LogP contribution in [0.25, 0.3) is 0 Å². The molecule has 86 heavy (non-hydrogen) atoms. The summed E-state index contributed by atoms with van der Waals surface area (Å²) >= 11 is 0. The van der Waals surface area contributed by atoms with E-state index in [1.54, 1.807) is 88.4 Å². The van der Waals surface area contributed by atoms with Crippen LogP contribution in [0.5, 0.6) is 0 Å². The average Bonchev–Trinajstić information content (AvgIpc) is 3.89. The normalized spacial score (nSPS) is 26.3. The Morgan fingerprint density at radius 2 is 0.872 bits per heavy atom. The molecule has 3 saturated heterocycles. The van der Waals surface area contributed by atoms with Crippen LogP contribution in [0, 0.1) is 23.7 Å². The Balaban J connectivity index is 1.64. The molecule has 5 rings (SSSR count). The molecule has 0 saturated carbocycles. The number of carbonyl (C=O) groups is 10. The minimum absolute atomic E-state index is 0.0252. The van der Waals surface area contributed by atoms with Crippen LogP contribution in [0.15, 0.2) is 60.7 Å². The topological polar surface area (TPSA) is 377 Å². The zero-order valence-corrected chi connectivity index (χ0v) is 51.6. The molecule has 0 bridgehead atoms. The number of amides is 10. The third kappa shape index (κ3) is 18.7. The van der Waals surface area contributed by atoms with Gasteiger partial charge in [0.1, 0.15) is 60.4 Å². The lowest BCUT2D eigenvalue weighted by molar-refractivity contribution is -0.152. The van der Waals surface area contributed by atoms with E-state index < -0.39 is 131 Å². The molecule has 0 spiro atoms. The van der Waals surface area contributed by atoms with Crippen molar-refractivity contribution in [3.63, 3.8) is 0 Å². The Labute approximate surface area is 506 Å². The summed E-state index contributed by atoms with van der Waals surface area (Å²) in [5, 5.41) is 16.4. The number of fused-ring (bicyclic) bond motifs is 2. The van der Waals surface area contributed by atoms with E-state index in [2.05, 4.69) is 26.6 Å². The predicted molar refractivity (Wildman–Crippen MR) is 324 cm³/mol. The van der Waals surface area contributed by atoms with Crippen molar-refractivity contribution in [3.05, 3.63) is 71.8 Å². The van der Waals surface area contributed by atoms with Crippen LogP contribution in [0.3, 0.4) is 0 Å². The second-order valence-electron chi connectivity index (χ2n) is 24.6. The van der Waals surface area contributed by atoms with E-state index in [0.29, 0.717) is 30.4 Å². The zero-order chi connectivity index (χ0) is 63.5. The van der Waals surface area contributed by atoms with Gasteiger partial charge in [-0.05, 0) is 119 Å². The van der Waals surface area contributed by atoms with Gasteiger partial charge in [0.05, 0.1) is 0 Å². The van der Waals surface area contributed by atoms with Crippen molar-refractivity contribution in [2.75, 3.05) is 26.2 Å². The molecule has 10 amide bonds. The lowest BCUT2D eigenvalue weighted by atomic mass is 9.98. The molecule has 0 aromatic heterocycles. The monoisotopic (exact) mass is 1200 g/mol. The Morgan fingerprint density at radius 1 is 0.442 bits per heavy atom. The smallest absolute Gasteiger partial charge is 0.260 e. The molecule has 3 aliphatic rings. The molecule has 0 radical (unpaired) electrons. The predicted octanol–water partition coefficient (Wildman–Crippen LogP) is 0.376. The quantitative estimate of drug-likeness (QED) is 0.0756. The standard InChI is InChI=1S/C61H97N15O10/c1-36(2)27-28-43-57(82)75(65)48(34-40-19-11-9-12-20-40)59(84)72-31-17-25-45(72)53(78)70-50(38(5)6)56(81)67-42(23-15-29-62)52(77)69-44(33-37(3)4)58(83)76(66)49(35-41-21-13-10-14-22-41)60(85)73-32-18-26-46(73)54(79)71-51(39(7)8)61(86)74(64)47(24-16-30-63)55(80)68-43/h9-14,19-22,36-39,42-51H,15-18,23-35,62-66H2,1-8H3,(H,67,81)(H,68,80)(H,69,77)(H,70,78)(H,71,79)/t42-,43-,44?,45-,46-,47-,48+,49+,50-,51-/m0/s1. The van der Waals surface area contributed by atoms with Crippen LogP contribution >= 0.6 is 0 Å². The number of hydrogen-bond donors (Lipinski definition) is 10. The lowest BCUT2D eigenvalue weighted by Crippen LogP contribution is -2.65. The number of hydrazine groups is 3. The van der Waals surface area contributed by atoms with Gasteiger partial charge >= 0.3 is 0 Å². The molecule has 25 heteroatoms. The summed E-state index contributed by atoms with van der Waals surface area (Å²) in [7, 11) is 0. The first-order chi connectivity index (χ1) is 40.8. The van der Waals surface area contributed by atoms with E-state index in [0.717, 1.165) is 15.0 Å². The molecular weight excluding hydrogens is 1100 g/mol. The number of carbonyl (C=O) groups excluding carboxylic acids is 10. The van der Waals surface area contributed by atoms with Crippen LogP contribution in [-0.4, -0.2) is 170 Å². The van der Waals surface area contributed by atoms with Crippen molar-refractivity contribution in [2.24, 2.45) is 52.7 Å². The van der Waals surface area contributed by atoms with Crippen LogP contribution in [0.4, 0.5) is 0 Å². The Hall–Kier alpha value is -7.06. The largest absolute Gasteiger partial charge is 0.343 e. The molecule has 2 aromatic rings. The number of nitrogens with one attached hydrogen (secondary N) is 5. The van der Waals surface area contributed by atoms with Gasteiger partial charge in [0.25, 0.3) is 17.7 Å². The van der Waals surface area contributed by atoms with Crippen LogP contribution in [0.2, 0.25) is 0 Å². The van der Waals surface area contributed by atoms with E-state index in [9.17, 15) is 33.6 Å². The Bertz CT molecular complexity index is 2630.